The summed E-state index contributed by atoms with van der Waals surface area (Å²) in [7, 11) is 0. The summed E-state index contributed by atoms with van der Waals surface area (Å²) >= 11 is 0. The number of aryl methyl sites for hydroxylation is 1. The Morgan fingerprint density at radius 3 is 2.68 bits per heavy atom. The number of halogens is 1. The number of nitrogens with one attached hydrogen (secondary N) is 1. The Labute approximate surface area is 141 Å². The fraction of sp³-hybridized carbons (Fsp3) is 0.118. The van der Waals surface area contributed by atoms with Gasteiger partial charge in [0.05, 0.1) is 16.6 Å². The molecule has 1 heterocycles. The summed E-state index contributed by atoms with van der Waals surface area (Å²) in [5.74, 6) is -0.335. The molecule has 0 saturated heterocycles. The number of nitro groups is 1. The van der Waals surface area contributed by atoms with Gasteiger partial charge in [0.25, 0.3) is 5.69 Å². The third-order valence-corrected chi connectivity index (χ3v) is 3.57. The van der Waals surface area contributed by atoms with Crippen LogP contribution in [0.5, 0.6) is 11.5 Å². The van der Waals surface area contributed by atoms with E-state index in [0.29, 0.717) is 11.3 Å². The average molecular weight is 344 g/mol. The lowest BCUT2D eigenvalue weighted by Gasteiger charge is -2.04. The normalized spacial score (nSPS) is 12.4. The van der Waals surface area contributed by atoms with Crippen LogP contribution in [0.1, 0.15) is 11.1 Å². The van der Waals surface area contributed by atoms with Crippen LogP contribution in [0.3, 0.4) is 0 Å². The summed E-state index contributed by atoms with van der Waals surface area (Å²) < 4.78 is 23.8. The minimum absolute atomic E-state index is 0.0148. The van der Waals surface area contributed by atoms with Crippen molar-refractivity contribution in [2.75, 3.05) is 12.1 Å². The molecule has 0 radical (unpaired) electrons. The van der Waals surface area contributed by atoms with Gasteiger partial charge in [0.15, 0.2) is 11.5 Å². The number of nitro benzene ring substituents is 1. The molecule has 0 fully saturated rings. The standard InChI is InChI=1S/C17H13FN2O5/c1-10-2-4-12(7-13(10)18)19-17(21)5-3-11-6-15-16(25-9-24-15)8-14(11)20(22)23/h2-8H,9H2,1H3,(H,19,21)/b5-3+. The van der Waals surface area contributed by atoms with Crippen LogP contribution in [0, 0.1) is 22.9 Å². The molecule has 0 unspecified atom stereocenters. The minimum atomic E-state index is -0.575. The van der Waals surface area contributed by atoms with Gasteiger partial charge in [0.1, 0.15) is 5.82 Å². The summed E-state index contributed by atoms with van der Waals surface area (Å²) in [5, 5.41) is 13.6. The fourth-order valence-electron chi connectivity index (χ4n) is 2.26. The average Bonchev–Trinajstić information content (AvgIpc) is 3.02. The Hall–Kier alpha value is -3.42. The molecule has 1 aliphatic rings. The van der Waals surface area contributed by atoms with Crippen LogP contribution in [0.2, 0.25) is 0 Å². The lowest BCUT2D eigenvalue weighted by molar-refractivity contribution is -0.385. The van der Waals surface area contributed by atoms with E-state index in [0.717, 1.165) is 6.08 Å². The van der Waals surface area contributed by atoms with Gasteiger partial charge in [-0.3, -0.25) is 14.9 Å². The SMILES string of the molecule is Cc1ccc(NC(=O)/C=C/c2cc3c(cc2[N+](=O)[O-])OCO3)cc1F. The molecular weight excluding hydrogens is 331 g/mol. The van der Waals surface area contributed by atoms with E-state index in [1.165, 1.54) is 30.3 Å². The maximum atomic E-state index is 13.5. The van der Waals surface area contributed by atoms with E-state index < -0.39 is 16.6 Å². The topological polar surface area (TPSA) is 90.7 Å². The Bertz CT molecular complexity index is 895. The Kier molecular flexibility index (Phi) is 4.34. The van der Waals surface area contributed by atoms with Crippen LogP contribution in [-0.2, 0) is 4.79 Å². The van der Waals surface area contributed by atoms with Gasteiger partial charge in [-0.1, -0.05) is 6.07 Å². The van der Waals surface area contributed by atoms with Gasteiger partial charge < -0.3 is 14.8 Å². The lowest BCUT2D eigenvalue weighted by Crippen LogP contribution is -2.08. The van der Waals surface area contributed by atoms with Gasteiger partial charge >= 0.3 is 0 Å². The monoisotopic (exact) mass is 344 g/mol. The minimum Gasteiger partial charge on any atom is -0.454 e. The first-order valence-electron chi connectivity index (χ1n) is 7.27. The summed E-state index contributed by atoms with van der Waals surface area (Å²) in [6.07, 6.45) is 2.42. The molecule has 2 aromatic rings. The van der Waals surface area contributed by atoms with Gasteiger partial charge in [0, 0.05) is 11.8 Å². The number of hydrogen-bond donors (Lipinski definition) is 1. The number of carbonyl (C=O) groups excluding carboxylic acids is 1. The van der Waals surface area contributed by atoms with E-state index in [2.05, 4.69) is 5.32 Å². The van der Waals surface area contributed by atoms with Crippen LogP contribution < -0.4 is 14.8 Å². The van der Waals surface area contributed by atoms with Crippen LogP contribution in [-0.4, -0.2) is 17.6 Å². The molecule has 0 spiro atoms. The molecular formula is C17H13FN2O5. The first-order chi connectivity index (χ1) is 11.9. The molecule has 128 valence electrons. The van der Waals surface area contributed by atoms with Crippen molar-refractivity contribution in [1.82, 2.24) is 0 Å². The summed E-state index contributed by atoms with van der Waals surface area (Å²) in [6, 6.07) is 6.97. The third kappa shape index (κ3) is 3.57. The van der Waals surface area contributed by atoms with E-state index in [4.69, 9.17) is 9.47 Å². The summed E-state index contributed by atoms with van der Waals surface area (Å²) in [5.41, 5.74) is 0.733. The number of nitrogens with zero attached hydrogens (tertiary/aromatic N) is 1. The molecule has 0 bridgehead atoms. The number of carbonyl (C=O) groups is 1. The van der Waals surface area contributed by atoms with Crippen molar-refractivity contribution in [3.8, 4) is 11.5 Å². The molecule has 2 aromatic carbocycles. The van der Waals surface area contributed by atoms with E-state index in [9.17, 15) is 19.3 Å². The zero-order chi connectivity index (χ0) is 18.0. The molecule has 8 heteroatoms. The molecule has 1 amide bonds. The van der Waals surface area contributed by atoms with E-state index in [-0.39, 0.29) is 29.5 Å². The number of amides is 1. The third-order valence-electron chi connectivity index (χ3n) is 3.57. The highest BCUT2D eigenvalue weighted by Crippen LogP contribution is 2.38. The first-order valence-corrected chi connectivity index (χ1v) is 7.27. The Morgan fingerprint density at radius 2 is 2.00 bits per heavy atom. The molecule has 3 rings (SSSR count). The molecule has 0 aromatic heterocycles. The van der Waals surface area contributed by atoms with Crippen LogP contribution >= 0.6 is 0 Å². The van der Waals surface area contributed by atoms with Crippen LogP contribution in [0.25, 0.3) is 6.08 Å². The van der Waals surface area contributed by atoms with Crippen molar-refractivity contribution in [3.63, 3.8) is 0 Å². The van der Waals surface area contributed by atoms with Gasteiger partial charge in [-0.05, 0) is 36.8 Å². The van der Waals surface area contributed by atoms with Gasteiger partial charge in [-0.25, -0.2) is 4.39 Å². The van der Waals surface area contributed by atoms with Crippen LogP contribution in [0.4, 0.5) is 15.8 Å². The van der Waals surface area contributed by atoms with Crippen molar-refractivity contribution in [2.45, 2.75) is 6.92 Å². The molecule has 0 saturated carbocycles. The zero-order valence-electron chi connectivity index (χ0n) is 13.1. The highest BCUT2D eigenvalue weighted by molar-refractivity contribution is 6.02. The number of fused-ring (bicyclic) bond motifs is 1. The maximum absolute atomic E-state index is 13.5. The van der Waals surface area contributed by atoms with Crippen molar-refractivity contribution < 1.29 is 23.6 Å². The van der Waals surface area contributed by atoms with Crippen molar-refractivity contribution in [2.24, 2.45) is 0 Å². The number of ether oxygens (including phenoxy) is 2. The van der Waals surface area contributed by atoms with Gasteiger partial charge in [-0.2, -0.15) is 0 Å². The van der Waals surface area contributed by atoms with Gasteiger partial charge in [-0.15, -0.1) is 0 Å². The maximum Gasteiger partial charge on any atom is 0.280 e. The smallest absolute Gasteiger partial charge is 0.280 e. The van der Waals surface area contributed by atoms with E-state index in [1.807, 2.05) is 0 Å². The number of anilines is 1. The van der Waals surface area contributed by atoms with Crippen molar-refractivity contribution >= 4 is 23.4 Å². The second-order valence-corrected chi connectivity index (χ2v) is 5.31. The molecule has 1 N–H and O–H groups in total. The molecule has 25 heavy (non-hydrogen) atoms. The number of rotatable bonds is 4. The van der Waals surface area contributed by atoms with Gasteiger partial charge in [0.2, 0.25) is 12.7 Å². The van der Waals surface area contributed by atoms with Crippen molar-refractivity contribution in [3.05, 3.63) is 63.5 Å². The molecule has 1 aliphatic heterocycles. The molecule has 7 nitrogen and oxygen atoms in total. The second kappa shape index (κ2) is 6.60. The van der Waals surface area contributed by atoms with Crippen molar-refractivity contribution in [1.29, 1.82) is 0 Å². The predicted molar refractivity (Wildman–Crippen MR) is 88.0 cm³/mol. The highest BCUT2D eigenvalue weighted by Gasteiger charge is 2.22. The predicted octanol–water partition coefficient (Wildman–Crippen LogP) is 3.42. The quantitative estimate of drug-likeness (QED) is 0.521. The van der Waals surface area contributed by atoms with E-state index in [1.54, 1.807) is 13.0 Å². The van der Waals surface area contributed by atoms with E-state index >= 15 is 0 Å². The largest absolute Gasteiger partial charge is 0.454 e. The molecule has 0 aliphatic carbocycles. The fourth-order valence-corrected chi connectivity index (χ4v) is 2.26. The highest BCUT2D eigenvalue weighted by atomic mass is 19.1. The number of benzene rings is 2. The lowest BCUT2D eigenvalue weighted by atomic mass is 10.1. The zero-order valence-corrected chi connectivity index (χ0v) is 13.1. The summed E-state index contributed by atoms with van der Waals surface area (Å²) in [6.45, 7) is 1.60. The molecule has 0 atom stereocenters. The number of hydrogen-bond acceptors (Lipinski definition) is 5. The Morgan fingerprint density at radius 1 is 1.28 bits per heavy atom. The summed E-state index contributed by atoms with van der Waals surface area (Å²) in [4.78, 5) is 22.5. The van der Waals surface area contributed by atoms with Crippen LogP contribution in [0.15, 0.2) is 36.4 Å². The second-order valence-electron chi connectivity index (χ2n) is 5.31. The Balaban J connectivity index is 1.80. The first kappa shape index (κ1) is 16.4.